The number of rotatable bonds is 6. The van der Waals surface area contributed by atoms with Gasteiger partial charge in [0.15, 0.2) is 0 Å². The normalized spacial score (nSPS) is 15.8. The van der Waals surface area contributed by atoms with Crippen molar-refractivity contribution in [2.24, 2.45) is 5.92 Å². The number of benzene rings is 2. The second kappa shape index (κ2) is 9.57. The van der Waals surface area contributed by atoms with Crippen LogP contribution in [0, 0.1) is 12.8 Å². The monoisotopic (exact) mass is 432 g/mol. The first kappa shape index (κ1) is 22.1. The van der Waals surface area contributed by atoms with Gasteiger partial charge in [-0.05, 0) is 57.6 Å². The zero-order chi connectivity index (χ0) is 22.7. The number of piperidine rings is 1. The van der Waals surface area contributed by atoms with E-state index >= 15 is 0 Å². The molecule has 2 heterocycles. The highest BCUT2D eigenvalue weighted by atomic mass is 16.3. The van der Waals surface area contributed by atoms with Crippen molar-refractivity contribution in [3.63, 3.8) is 0 Å². The van der Waals surface area contributed by atoms with Crippen LogP contribution in [0.5, 0.6) is 5.75 Å². The molecule has 2 aromatic carbocycles. The highest BCUT2D eigenvalue weighted by Gasteiger charge is 2.26. The predicted octanol–water partition coefficient (Wildman–Crippen LogP) is 3.88. The van der Waals surface area contributed by atoms with Crippen molar-refractivity contribution < 1.29 is 9.90 Å². The summed E-state index contributed by atoms with van der Waals surface area (Å²) in [5.74, 6) is 1.20. The number of nitrogens with one attached hydrogen (secondary N) is 1. The minimum absolute atomic E-state index is 0.0148. The van der Waals surface area contributed by atoms with Gasteiger partial charge in [0.1, 0.15) is 17.1 Å². The van der Waals surface area contributed by atoms with E-state index in [1.165, 1.54) is 11.1 Å². The van der Waals surface area contributed by atoms with Crippen molar-refractivity contribution in [1.82, 2.24) is 15.2 Å². The van der Waals surface area contributed by atoms with Crippen LogP contribution < -0.4 is 10.2 Å². The molecule has 32 heavy (non-hydrogen) atoms. The van der Waals surface area contributed by atoms with Crippen molar-refractivity contribution in [1.29, 1.82) is 0 Å². The number of carbonyl (C=O) groups excluding carboxylic acids is 1. The maximum absolute atomic E-state index is 12.9. The summed E-state index contributed by atoms with van der Waals surface area (Å²) in [4.78, 5) is 21.9. The van der Waals surface area contributed by atoms with Gasteiger partial charge in [0.05, 0.1) is 6.04 Å². The van der Waals surface area contributed by atoms with Crippen LogP contribution in [0.1, 0.15) is 30.0 Å². The molecule has 1 unspecified atom stereocenters. The third-order valence-corrected chi connectivity index (χ3v) is 6.43. The Hall–Kier alpha value is -3.12. The van der Waals surface area contributed by atoms with Crippen LogP contribution in [-0.2, 0) is 4.79 Å². The number of aromatic hydroxyl groups is 1. The van der Waals surface area contributed by atoms with E-state index in [9.17, 15) is 9.90 Å². The second-order valence-corrected chi connectivity index (χ2v) is 8.91. The van der Waals surface area contributed by atoms with Crippen molar-refractivity contribution in [3.8, 4) is 5.75 Å². The molecule has 4 rings (SSSR count). The Morgan fingerprint density at radius 3 is 2.53 bits per heavy atom. The van der Waals surface area contributed by atoms with Gasteiger partial charge in [-0.2, -0.15) is 0 Å². The van der Waals surface area contributed by atoms with Gasteiger partial charge >= 0.3 is 0 Å². The Morgan fingerprint density at radius 1 is 1.12 bits per heavy atom. The van der Waals surface area contributed by atoms with E-state index in [0.717, 1.165) is 37.1 Å². The molecule has 1 aromatic heterocycles. The van der Waals surface area contributed by atoms with Gasteiger partial charge in [0, 0.05) is 30.9 Å². The van der Waals surface area contributed by atoms with Crippen LogP contribution in [0.15, 0.2) is 54.6 Å². The Balaban J connectivity index is 1.34. The number of carbonyl (C=O) groups is 1. The summed E-state index contributed by atoms with van der Waals surface area (Å²) in [6.45, 7) is 4.23. The lowest BCUT2D eigenvalue weighted by molar-refractivity contribution is -0.125. The summed E-state index contributed by atoms with van der Waals surface area (Å²) in [7, 11) is 4.09. The second-order valence-electron chi connectivity index (χ2n) is 8.91. The minimum Gasteiger partial charge on any atom is -0.506 e. The van der Waals surface area contributed by atoms with Gasteiger partial charge in [0.2, 0.25) is 5.91 Å². The first-order chi connectivity index (χ1) is 15.4. The Kier molecular flexibility index (Phi) is 6.61. The molecule has 6 heteroatoms. The van der Waals surface area contributed by atoms with Gasteiger partial charge in [0.25, 0.3) is 0 Å². The molecule has 3 aromatic rings. The SMILES string of the molecule is Cc1ccc(C(CNC(=O)C2CCN(c3ccc4cccc(O)c4n3)CC2)N(C)C)cc1. The first-order valence-electron chi connectivity index (χ1n) is 11.3. The summed E-state index contributed by atoms with van der Waals surface area (Å²) in [6, 6.07) is 18.1. The molecule has 1 aliphatic rings. The fraction of sp³-hybridized carbons (Fsp3) is 0.385. The largest absolute Gasteiger partial charge is 0.506 e. The average Bonchev–Trinajstić information content (AvgIpc) is 2.80. The van der Waals surface area contributed by atoms with Gasteiger partial charge in [-0.3, -0.25) is 4.79 Å². The minimum atomic E-state index is 0.0148. The van der Waals surface area contributed by atoms with E-state index in [1.807, 2.05) is 38.4 Å². The smallest absolute Gasteiger partial charge is 0.223 e. The summed E-state index contributed by atoms with van der Waals surface area (Å²) in [5.41, 5.74) is 3.07. The van der Waals surface area contributed by atoms with E-state index in [-0.39, 0.29) is 23.6 Å². The van der Waals surface area contributed by atoms with Crippen LogP contribution >= 0.6 is 0 Å². The molecule has 1 saturated heterocycles. The van der Waals surface area contributed by atoms with E-state index in [2.05, 4.69) is 51.3 Å². The number of amides is 1. The molecule has 6 nitrogen and oxygen atoms in total. The molecule has 1 amide bonds. The molecule has 1 atom stereocenters. The lowest BCUT2D eigenvalue weighted by Gasteiger charge is -2.33. The van der Waals surface area contributed by atoms with Crippen molar-refractivity contribution in [3.05, 3.63) is 65.7 Å². The number of aryl methyl sites for hydroxylation is 1. The molecule has 0 aliphatic carbocycles. The lowest BCUT2D eigenvalue weighted by atomic mass is 9.95. The van der Waals surface area contributed by atoms with Crippen LogP contribution in [0.3, 0.4) is 0 Å². The molecular formula is C26H32N4O2. The molecule has 0 bridgehead atoms. The number of pyridine rings is 1. The molecule has 0 spiro atoms. The predicted molar refractivity (Wildman–Crippen MR) is 129 cm³/mol. The lowest BCUT2D eigenvalue weighted by Crippen LogP contribution is -2.43. The number of aromatic nitrogens is 1. The van der Waals surface area contributed by atoms with Crippen LogP contribution in [-0.4, -0.2) is 54.6 Å². The molecule has 0 radical (unpaired) electrons. The first-order valence-corrected chi connectivity index (χ1v) is 11.3. The van der Waals surface area contributed by atoms with E-state index in [1.54, 1.807) is 6.07 Å². The molecule has 1 fully saturated rings. The van der Waals surface area contributed by atoms with E-state index in [0.29, 0.717) is 12.1 Å². The topological polar surface area (TPSA) is 68.7 Å². The zero-order valence-corrected chi connectivity index (χ0v) is 19.1. The number of hydrogen-bond donors (Lipinski definition) is 2. The average molecular weight is 433 g/mol. The number of fused-ring (bicyclic) bond motifs is 1. The number of hydrogen-bond acceptors (Lipinski definition) is 5. The highest BCUT2D eigenvalue weighted by molar-refractivity contribution is 5.85. The zero-order valence-electron chi connectivity index (χ0n) is 19.1. The number of likely N-dealkylation sites (N-methyl/N-ethyl adjacent to an activating group) is 1. The number of phenolic OH excluding ortho intramolecular Hbond substituents is 1. The third-order valence-electron chi connectivity index (χ3n) is 6.43. The standard InChI is InChI=1S/C26H32N4O2/c1-18-7-9-19(10-8-18)22(29(2)3)17-27-26(32)21-13-15-30(16-14-21)24-12-11-20-5-4-6-23(31)25(20)28-24/h4-12,21-22,31H,13-17H2,1-3H3,(H,27,32). The van der Waals surface area contributed by atoms with Gasteiger partial charge in [-0.1, -0.05) is 42.0 Å². The van der Waals surface area contributed by atoms with E-state index in [4.69, 9.17) is 0 Å². The van der Waals surface area contributed by atoms with Gasteiger partial charge < -0.3 is 20.2 Å². The molecular weight excluding hydrogens is 400 g/mol. The van der Waals surface area contributed by atoms with Crippen LogP contribution in [0.4, 0.5) is 5.82 Å². The Labute approximate surface area is 189 Å². The molecule has 2 N–H and O–H groups in total. The van der Waals surface area contributed by atoms with Crippen LogP contribution in [0.25, 0.3) is 10.9 Å². The quantitative estimate of drug-likeness (QED) is 0.619. The van der Waals surface area contributed by atoms with E-state index < -0.39 is 0 Å². The molecule has 168 valence electrons. The summed E-state index contributed by atoms with van der Waals surface area (Å²) in [5, 5.41) is 14.2. The van der Waals surface area contributed by atoms with Crippen LogP contribution in [0.2, 0.25) is 0 Å². The van der Waals surface area contributed by atoms with Gasteiger partial charge in [-0.15, -0.1) is 0 Å². The van der Waals surface area contributed by atoms with Crippen molar-refractivity contribution in [2.45, 2.75) is 25.8 Å². The number of anilines is 1. The van der Waals surface area contributed by atoms with Crippen molar-refractivity contribution >= 4 is 22.6 Å². The van der Waals surface area contributed by atoms with Gasteiger partial charge in [-0.25, -0.2) is 4.98 Å². The fourth-order valence-corrected chi connectivity index (χ4v) is 4.40. The summed E-state index contributed by atoms with van der Waals surface area (Å²) >= 11 is 0. The number of phenols is 1. The molecule has 1 aliphatic heterocycles. The summed E-state index contributed by atoms with van der Waals surface area (Å²) < 4.78 is 0. The Bertz CT molecular complexity index is 1070. The highest BCUT2D eigenvalue weighted by Crippen LogP contribution is 2.28. The maximum Gasteiger partial charge on any atom is 0.223 e. The molecule has 0 saturated carbocycles. The number of nitrogens with zero attached hydrogens (tertiary/aromatic N) is 3. The fourth-order valence-electron chi connectivity index (χ4n) is 4.40. The number of para-hydroxylation sites is 1. The summed E-state index contributed by atoms with van der Waals surface area (Å²) in [6.07, 6.45) is 1.59. The Morgan fingerprint density at radius 2 is 1.84 bits per heavy atom. The third kappa shape index (κ3) is 4.86. The maximum atomic E-state index is 12.9. The van der Waals surface area contributed by atoms with Crippen molar-refractivity contribution in [2.75, 3.05) is 38.6 Å².